The summed E-state index contributed by atoms with van der Waals surface area (Å²) in [6.07, 6.45) is 3.65. The monoisotopic (exact) mass is 272 g/mol. The molecule has 2 aliphatic heterocycles. The lowest BCUT2D eigenvalue weighted by Crippen LogP contribution is -2.54. The van der Waals surface area contributed by atoms with Gasteiger partial charge in [-0.3, -0.25) is 4.79 Å². The van der Waals surface area contributed by atoms with E-state index in [2.05, 4.69) is 13.8 Å². The number of carbonyl (C=O) groups is 1. The van der Waals surface area contributed by atoms with Gasteiger partial charge in [-0.25, -0.2) is 0 Å². The molecular formula is C17H20O3. The van der Waals surface area contributed by atoms with E-state index in [0.29, 0.717) is 0 Å². The van der Waals surface area contributed by atoms with Crippen LogP contribution in [0.1, 0.15) is 32.3 Å². The van der Waals surface area contributed by atoms with Gasteiger partial charge in [0.15, 0.2) is 5.78 Å². The topological polar surface area (TPSA) is 35.5 Å². The zero-order valence-electron chi connectivity index (χ0n) is 12.2. The fourth-order valence-corrected chi connectivity index (χ4v) is 3.30. The Morgan fingerprint density at radius 2 is 1.95 bits per heavy atom. The van der Waals surface area contributed by atoms with Crippen LogP contribution in [-0.2, 0) is 9.53 Å². The van der Waals surface area contributed by atoms with Gasteiger partial charge < -0.3 is 9.47 Å². The van der Waals surface area contributed by atoms with Crippen LogP contribution in [0, 0.1) is 5.92 Å². The summed E-state index contributed by atoms with van der Waals surface area (Å²) in [7, 11) is 1.65. The summed E-state index contributed by atoms with van der Waals surface area (Å²) in [6.45, 7) is 4.16. The number of Topliss-reactive ketones (excluding diaryl/α,β-unsaturated/α-hetero) is 1. The highest BCUT2D eigenvalue weighted by atomic mass is 16.5. The second-order valence-electron chi connectivity index (χ2n) is 6.08. The maximum absolute atomic E-state index is 12.4. The minimum atomic E-state index is -0.250. The maximum atomic E-state index is 12.4. The smallest absolute Gasteiger partial charge is 0.187 e. The van der Waals surface area contributed by atoms with Gasteiger partial charge in [-0.2, -0.15) is 0 Å². The average Bonchev–Trinajstić information content (AvgIpc) is 2.43. The molecule has 3 aliphatic rings. The predicted molar refractivity (Wildman–Crippen MR) is 77.7 cm³/mol. The lowest BCUT2D eigenvalue weighted by Gasteiger charge is -2.48. The van der Waals surface area contributed by atoms with Gasteiger partial charge in [0, 0.05) is 11.5 Å². The number of fused-ring (bicyclic) bond motifs is 3. The van der Waals surface area contributed by atoms with Gasteiger partial charge in [0.2, 0.25) is 0 Å². The lowest BCUT2D eigenvalue weighted by molar-refractivity contribution is -0.172. The number of carbonyl (C=O) groups excluding carboxylic acids is 1. The average molecular weight is 272 g/mol. The van der Waals surface area contributed by atoms with Gasteiger partial charge in [0.05, 0.1) is 12.7 Å². The highest BCUT2D eigenvalue weighted by molar-refractivity contribution is 6.04. The summed E-state index contributed by atoms with van der Waals surface area (Å²) >= 11 is 0. The van der Waals surface area contributed by atoms with E-state index in [1.54, 1.807) is 7.11 Å². The Bertz CT molecular complexity index is 554. The zero-order valence-corrected chi connectivity index (χ0v) is 12.2. The molecule has 3 nitrogen and oxygen atoms in total. The first kappa shape index (κ1) is 13.4. The van der Waals surface area contributed by atoms with Crippen molar-refractivity contribution in [2.45, 2.75) is 38.4 Å². The molecule has 0 aromatic heterocycles. The Kier molecular flexibility index (Phi) is 3.17. The summed E-state index contributed by atoms with van der Waals surface area (Å²) in [4.78, 5) is 12.4. The molecule has 1 aromatic rings. The van der Waals surface area contributed by atoms with E-state index < -0.39 is 0 Å². The third-order valence-corrected chi connectivity index (χ3v) is 4.39. The van der Waals surface area contributed by atoms with Crippen LogP contribution in [-0.4, -0.2) is 24.6 Å². The normalized spacial score (nSPS) is 29.8. The molecule has 0 N–H and O–H groups in total. The van der Waals surface area contributed by atoms with Gasteiger partial charge in [0.1, 0.15) is 11.9 Å². The summed E-state index contributed by atoms with van der Waals surface area (Å²) in [5.74, 6) is 1.19. The van der Waals surface area contributed by atoms with E-state index in [-0.39, 0.29) is 23.4 Å². The molecule has 2 saturated heterocycles. The molecule has 0 radical (unpaired) electrons. The van der Waals surface area contributed by atoms with Crippen LogP contribution in [0.15, 0.2) is 29.8 Å². The van der Waals surface area contributed by atoms with Crippen molar-refractivity contribution in [3.8, 4) is 5.75 Å². The predicted octanol–water partition coefficient (Wildman–Crippen LogP) is 3.24. The van der Waals surface area contributed by atoms with Crippen LogP contribution in [0.25, 0.3) is 6.08 Å². The summed E-state index contributed by atoms with van der Waals surface area (Å²) in [5, 5.41) is 0. The molecule has 2 heterocycles. The Morgan fingerprint density at radius 1 is 1.25 bits per heavy atom. The van der Waals surface area contributed by atoms with Crippen LogP contribution in [0.2, 0.25) is 0 Å². The van der Waals surface area contributed by atoms with E-state index in [1.165, 1.54) is 0 Å². The second kappa shape index (κ2) is 4.74. The van der Waals surface area contributed by atoms with Crippen molar-refractivity contribution >= 4 is 11.9 Å². The summed E-state index contributed by atoms with van der Waals surface area (Å²) in [5.41, 5.74) is 1.72. The summed E-state index contributed by atoms with van der Waals surface area (Å²) < 4.78 is 11.0. The number of ketones is 1. The second-order valence-corrected chi connectivity index (χ2v) is 6.08. The van der Waals surface area contributed by atoms with Gasteiger partial charge in [0.25, 0.3) is 0 Å². The fourth-order valence-electron chi connectivity index (χ4n) is 3.30. The van der Waals surface area contributed by atoms with Crippen LogP contribution in [0.5, 0.6) is 5.75 Å². The number of benzene rings is 1. The highest BCUT2D eigenvalue weighted by Gasteiger charge is 2.49. The van der Waals surface area contributed by atoms with Crippen LogP contribution in [0.3, 0.4) is 0 Å². The maximum Gasteiger partial charge on any atom is 0.187 e. The molecule has 2 bridgehead atoms. The minimum absolute atomic E-state index is 0.163. The van der Waals surface area contributed by atoms with E-state index in [1.807, 2.05) is 30.3 Å². The number of rotatable bonds is 2. The van der Waals surface area contributed by atoms with Crippen molar-refractivity contribution in [3.05, 3.63) is 35.4 Å². The lowest BCUT2D eigenvalue weighted by atomic mass is 9.69. The van der Waals surface area contributed by atoms with E-state index in [0.717, 1.165) is 29.7 Å². The van der Waals surface area contributed by atoms with Crippen molar-refractivity contribution in [2.24, 2.45) is 5.92 Å². The molecule has 2 unspecified atom stereocenters. The van der Waals surface area contributed by atoms with E-state index in [4.69, 9.17) is 9.47 Å². The van der Waals surface area contributed by atoms with Gasteiger partial charge in [-0.1, -0.05) is 12.1 Å². The fraction of sp³-hybridized carbons (Fsp3) is 0.471. The standard InChI is InChI=1S/C17H20O3/c1-17(2)14-8-9-15(20-17)16(18)13(14)10-11-4-6-12(19-3)7-5-11/h4-7,10,14-15H,8-9H2,1-3H3. The molecule has 2 atom stereocenters. The number of ether oxygens (including phenoxy) is 2. The van der Waals surface area contributed by atoms with Gasteiger partial charge >= 0.3 is 0 Å². The first-order valence-electron chi connectivity index (χ1n) is 7.09. The summed E-state index contributed by atoms with van der Waals surface area (Å²) in [6, 6.07) is 7.80. The number of methoxy groups -OCH3 is 1. The van der Waals surface area contributed by atoms with Crippen LogP contribution >= 0.6 is 0 Å². The quantitative estimate of drug-likeness (QED) is 0.775. The first-order chi connectivity index (χ1) is 9.51. The van der Waals surface area contributed by atoms with E-state index in [9.17, 15) is 4.79 Å². The van der Waals surface area contributed by atoms with Crippen molar-refractivity contribution in [1.29, 1.82) is 0 Å². The Morgan fingerprint density at radius 3 is 2.55 bits per heavy atom. The largest absolute Gasteiger partial charge is 0.497 e. The minimum Gasteiger partial charge on any atom is -0.497 e. The van der Waals surface area contributed by atoms with Gasteiger partial charge in [-0.05, 0) is 50.5 Å². The molecule has 0 spiro atoms. The molecule has 4 rings (SSSR count). The van der Waals surface area contributed by atoms with Crippen LogP contribution in [0.4, 0.5) is 0 Å². The Hall–Kier alpha value is -1.61. The number of hydrogen-bond donors (Lipinski definition) is 0. The SMILES string of the molecule is COc1ccc(C=C2C(=O)C3CCC2C(C)(C)O3)cc1. The molecule has 1 aromatic carbocycles. The van der Waals surface area contributed by atoms with Crippen molar-refractivity contribution in [2.75, 3.05) is 7.11 Å². The Balaban J connectivity index is 1.95. The van der Waals surface area contributed by atoms with Crippen molar-refractivity contribution in [3.63, 3.8) is 0 Å². The van der Waals surface area contributed by atoms with Crippen LogP contribution < -0.4 is 4.74 Å². The first-order valence-corrected chi connectivity index (χ1v) is 7.09. The molecule has 1 saturated carbocycles. The molecule has 0 amide bonds. The van der Waals surface area contributed by atoms with Crippen molar-refractivity contribution < 1.29 is 14.3 Å². The molecule has 3 heteroatoms. The molecule has 3 fully saturated rings. The molecule has 1 aliphatic carbocycles. The highest BCUT2D eigenvalue weighted by Crippen LogP contribution is 2.45. The van der Waals surface area contributed by atoms with Crippen molar-refractivity contribution in [1.82, 2.24) is 0 Å². The van der Waals surface area contributed by atoms with E-state index >= 15 is 0 Å². The molecule has 20 heavy (non-hydrogen) atoms. The third-order valence-electron chi connectivity index (χ3n) is 4.39. The van der Waals surface area contributed by atoms with Gasteiger partial charge in [-0.15, -0.1) is 0 Å². The number of hydrogen-bond acceptors (Lipinski definition) is 3. The molecular weight excluding hydrogens is 252 g/mol. The Labute approximate surface area is 119 Å². The molecule has 106 valence electrons. The third kappa shape index (κ3) is 2.16. The zero-order chi connectivity index (χ0) is 14.3.